The molecular weight excluding hydrogens is 587 g/mol. The number of nitrogens with zero attached hydrogens (tertiary/aromatic N) is 5. The molecule has 0 spiro atoms. The quantitative estimate of drug-likeness (QED) is 0.240. The van der Waals surface area contributed by atoms with Gasteiger partial charge in [-0.05, 0) is 43.8 Å². The van der Waals surface area contributed by atoms with Crippen molar-refractivity contribution in [2.75, 3.05) is 6.54 Å². The number of carbonyl (C=O) groups is 3. The first-order valence-corrected chi connectivity index (χ1v) is 13.2. The molecule has 0 radical (unpaired) electrons. The summed E-state index contributed by atoms with van der Waals surface area (Å²) in [6.45, 7) is 3.58. The van der Waals surface area contributed by atoms with Crippen molar-refractivity contribution < 1.29 is 27.6 Å². The number of primary amides is 1. The number of aromatic nitrogens is 2. The Kier molecular flexibility index (Phi) is 9.62. The fourth-order valence-electron chi connectivity index (χ4n) is 4.46. The van der Waals surface area contributed by atoms with Gasteiger partial charge in [0, 0.05) is 29.5 Å². The molecule has 14 heteroatoms. The second-order valence-electron chi connectivity index (χ2n) is 9.50. The van der Waals surface area contributed by atoms with Crippen LogP contribution in [0.25, 0.3) is 10.9 Å². The predicted octanol–water partition coefficient (Wildman–Crippen LogP) is 3.46. The molecule has 43 heavy (non-hydrogen) atoms. The third-order valence-corrected chi connectivity index (χ3v) is 6.75. The molecule has 3 N–H and O–H groups in total. The molecule has 222 valence electrons. The zero-order chi connectivity index (χ0) is 31.3. The molecule has 2 aromatic carbocycles. The second kappa shape index (κ2) is 13.3. The number of rotatable bonds is 7. The number of amides is 3. The van der Waals surface area contributed by atoms with E-state index in [-0.39, 0.29) is 41.6 Å². The molecule has 1 fully saturated rings. The molecule has 10 nitrogen and oxygen atoms in total. The van der Waals surface area contributed by atoms with E-state index >= 15 is 0 Å². The minimum atomic E-state index is -1.46. The number of benzene rings is 2. The number of nitrogens with one attached hydrogen (secondary N) is 1. The van der Waals surface area contributed by atoms with Crippen molar-refractivity contribution in [2.24, 2.45) is 15.7 Å². The van der Waals surface area contributed by atoms with E-state index < -0.39 is 48.1 Å². The lowest BCUT2D eigenvalue weighted by molar-refractivity contribution is -0.139. The van der Waals surface area contributed by atoms with Crippen molar-refractivity contribution >= 4 is 52.8 Å². The van der Waals surface area contributed by atoms with Crippen molar-refractivity contribution in [3.63, 3.8) is 0 Å². The highest BCUT2D eigenvalue weighted by Gasteiger charge is 2.40. The van der Waals surface area contributed by atoms with Crippen LogP contribution in [0, 0.1) is 17.7 Å². The number of likely N-dealkylation sites (tertiary alicyclic amines) is 1. The normalized spacial score (nSPS) is 17.0. The summed E-state index contributed by atoms with van der Waals surface area (Å²) in [6.07, 6.45) is -0.759. The molecule has 1 aliphatic rings. The van der Waals surface area contributed by atoms with Crippen molar-refractivity contribution in [3.05, 3.63) is 76.1 Å². The number of allylic oxidation sites excluding steroid dienone is 1. The highest BCUT2D eigenvalue weighted by atomic mass is 35.5. The molecule has 1 aliphatic heterocycles. The van der Waals surface area contributed by atoms with Crippen LogP contribution in [-0.2, 0) is 22.7 Å². The van der Waals surface area contributed by atoms with Gasteiger partial charge in [-0.2, -0.15) is 5.10 Å². The molecule has 0 unspecified atom stereocenters. The average molecular weight is 612 g/mol. The van der Waals surface area contributed by atoms with Crippen molar-refractivity contribution in [1.82, 2.24) is 20.0 Å². The maximum atomic E-state index is 14.4. The van der Waals surface area contributed by atoms with Gasteiger partial charge in [-0.1, -0.05) is 29.7 Å². The SMILES string of the molecule is C=NC(C#Cc1ccc2c(c1)c(C(N)=O)nn2CC(=O)N1C[C@H](F)C[C@H]1C(=O)NCc1cccc(Cl)c1F)=N/C=C(\C)F. The van der Waals surface area contributed by atoms with Gasteiger partial charge in [-0.25, -0.2) is 23.2 Å². The molecule has 4 rings (SSSR count). The zero-order valence-electron chi connectivity index (χ0n) is 22.8. The lowest BCUT2D eigenvalue weighted by Crippen LogP contribution is -2.46. The third-order valence-electron chi connectivity index (χ3n) is 6.46. The fourth-order valence-corrected chi connectivity index (χ4v) is 4.66. The summed E-state index contributed by atoms with van der Waals surface area (Å²) < 4.78 is 42.8. The molecule has 3 aromatic rings. The summed E-state index contributed by atoms with van der Waals surface area (Å²) in [5.74, 6) is 1.98. The van der Waals surface area contributed by atoms with E-state index in [2.05, 4.69) is 39.0 Å². The van der Waals surface area contributed by atoms with Gasteiger partial charge >= 0.3 is 0 Å². The van der Waals surface area contributed by atoms with Crippen LogP contribution >= 0.6 is 11.6 Å². The Morgan fingerprint density at radius 3 is 2.77 bits per heavy atom. The van der Waals surface area contributed by atoms with Gasteiger partial charge in [0.05, 0.1) is 23.3 Å². The summed E-state index contributed by atoms with van der Waals surface area (Å²) in [5, 5.41) is 6.90. The average Bonchev–Trinajstić information content (AvgIpc) is 3.54. The van der Waals surface area contributed by atoms with Crippen LogP contribution in [0.5, 0.6) is 0 Å². The molecule has 1 saturated heterocycles. The van der Waals surface area contributed by atoms with Crippen LogP contribution in [0.1, 0.15) is 35.0 Å². The smallest absolute Gasteiger partial charge is 0.269 e. The van der Waals surface area contributed by atoms with Crippen molar-refractivity contribution in [2.45, 2.75) is 38.6 Å². The van der Waals surface area contributed by atoms with Gasteiger partial charge in [0.2, 0.25) is 17.6 Å². The molecule has 0 bridgehead atoms. The first kappa shape index (κ1) is 31.0. The van der Waals surface area contributed by atoms with E-state index in [0.717, 1.165) is 11.1 Å². The minimum absolute atomic E-state index is 0.0402. The number of carbonyl (C=O) groups excluding carboxylic acids is 3. The number of fused-ring (bicyclic) bond motifs is 1. The monoisotopic (exact) mass is 611 g/mol. The number of hydrogen-bond acceptors (Lipinski definition) is 5. The summed E-state index contributed by atoms with van der Waals surface area (Å²) in [5.41, 5.74) is 6.28. The number of amidine groups is 1. The van der Waals surface area contributed by atoms with Gasteiger partial charge in [-0.3, -0.25) is 19.1 Å². The van der Waals surface area contributed by atoms with Crippen LogP contribution in [0.15, 0.2) is 58.4 Å². The van der Waals surface area contributed by atoms with E-state index in [9.17, 15) is 27.6 Å². The summed E-state index contributed by atoms with van der Waals surface area (Å²) in [4.78, 5) is 46.8. The predicted molar refractivity (Wildman–Crippen MR) is 155 cm³/mol. The van der Waals surface area contributed by atoms with Crippen LogP contribution in [-0.4, -0.2) is 63.7 Å². The minimum Gasteiger partial charge on any atom is -0.364 e. The molecule has 0 aliphatic carbocycles. The fraction of sp³-hybridized carbons (Fsp3) is 0.241. The van der Waals surface area contributed by atoms with Crippen LogP contribution in [0.2, 0.25) is 5.02 Å². The molecule has 1 aromatic heterocycles. The molecule has 2 heterocycles. The number of nitrogens with two attached hydrogens (primary N) is 1. The van der Waals surface area contributed by atoms with Crippen LogP contribution < -0.4 is 11.1 Å². The zero-order valence-corrected chi connectivity index (χ0v) is 23.5. The molecular formula is C29H25ClF3N7O3. The van der Waals surface area contributed by atoms with Crippen LogP contribution in [0.4, 0.5) is 13.2 Å². The number of hydrogen-bond donors (Lipinski definition) is 2. The van der Waals surface area contributed by atoms with Crippen LogP contribution in [0.3, 0.4) is 0 Å². The standard InChI is InChI=1S/C29H25ClF3N7O3/c1-16(31)12-36-24(35-2)9-7-17-6-8-22-20(10-17)27(28(34)42)38-40(22)15-25(41)39-14-19(32)11-23(39)29(43)37-13-18-4-3-5-21(30)26(18)33/h3-6,8,10,12,19,23H,2,11,13-15H2,1H3,(H2,34,42)(H,37,43)/b16-12+,36-24?/t19-,23+/m1/s1. The first-order chi connectivity index (χ1) is 20.5. The molecule has 2 atom stereocenters. The number of aliphatic imine (C=N–C) groups is 2. The van der Waals surface area contributed by atoms with Crippen molar-refractivity contribution in [3.8, 4) is 11.8 Å². The van der Waals surface area contributed by atoms with Gasteiger partial charge in [0.15, 0.2) is 5.69 Å². The van der Waals surface area contributed by atoms with Crippen molar-refractivity contribution in [1.29, 1.82) is 0 Å². The topological polar surface area (TPSA) is 135 Å². The van der Waals surface area contributed by atoms with E-state index in [1.54, 1.807) is 12.1 Å². The number of halogens is 4. The van der Waals surface area contributed by atoms with E-state index in [0.29, 0.717) is 16.5 Å². The van der Waals surface area contributed by atoms with E-state index in [1.165, 1.54) is 35.9 Å². The first-order valence-electron chi connectivity index (χ1n) is 12.8. The molecule has 0 saturated carbocycles. The lowest BCUT2D eigenvalue weighted by Gasteiger charge is -2.24. The maximum Gasteiger partial charge on any atom is 0.269 e. The van der Waals surface area contributed by atoms with Gasteiger partial charge < -0.3 is 16.0 Å². The Bertz CT molecular complexity index is 1740. The third kappa shape index (κ3) is 7.28. The molecule has 3 amide bonds. The summed E-state index contributed by atoms with van der Waals surface area (Å²) in [7, 11) is 0. The Hall–Kier alpha value is -4.96. The maximum absolute atomic E-state index is 14.4. The second-order valence-corrected chi connectivity index (χ2v) is 9.91. The van der Waals surface area contributed by atoms with E-state index in [1.807, 2.05) is 0 Å². The lowest BCUT2D eigenvalue weighted by atomic mass is 10.1. The van der Waals surface area contributed by atoms with Gasteiger partial charge in [0.25, 0.3) is 5.91 Å². The number of alkyl halides is 1. The van der Waals surface area contributed by atoms with Gasteiger partial charge in [0.1, 0.15) is 30.4 Å². The summed E-state index contributed by atoms with van der Waals surface area (Å²) >= 11 is 5.79. The Balaban J connectivity index is 1.55. The Labute approximate surface area is 249 Å². The largest absolute Gasteiger partial charge is 0.364 e. The highest BCUT2D eigenvalue weighted by molar-refractivity contribution is 6.30. The summed E-state index contributed by atoms with van der Waals surface area (Å²) in [6, 6.07) is 7.85. The van der Waals surface area contributed by atoms with E-state index in [4.69, 9.17) is 17.3 Å². The Morgan fingerprint density at radius 1 is 1.30 bits per heavy atom. The Morgan fingerprint density at radius 2 is 2.07 bits per heavy atom. The highest BCUT2D eigenvalue weighted by Crippen LogP contribution is 2.24. The van der Waals surface area contributed by atoms with Gasteiger partial charge in [-0.15, -0.1) is 0 Å².